The van der Waals surface area contributed by atoms with Gasteiger partial charge < -0.3 is 36.7 Å². The molecule has 1 aliphatic carbocycles. The minimum absolute atomic E-state index is 0. The zero-order valence-corrected chi connectivity index (χ0v) is 29.3. The zero-order chi connectivity index (χ0) is 28.8. The van der Waals surface area contributed by atoms with Crippen molar-refractivity contribution in [3.8, 4) is 23.7 Å². The van der Waals surface area contributed by atoms with Crippen LogP contribution in [0.5, 0.6) is 0 Å². The largest absolute Gasteiger partial charge is 1.00 e. The summed E-state index contributed by atoms with van der Waals surface area (Å²) in [6.45, 7) is 8.99. The standard InChI is InChI=1S/C26H30ClN4O3S.2C2H6.K/c1-33-22-16-30-23(27)15-20(22)19-14-18(8-9-26(32)10-12-34-13-11-26)4-6-21(19)31-25(29)35-24(28)7-5-17-2-3-17;2*1-2;/h4,6,14-17,23-25,30,32H,2-3,10-13,28-29H2,1H3;2*1-2H3;/q-1;;;+1. The number of ether oxygens (including phenoxy) is 2. The molecule has 214 valence electrons. The molecule has 1 saturated carbocycles. The number of dihydropyridines is 1. The maximum atomic E-state index is 10.7. The van der Waals surface area contributed by atoms with Crippen molar-refractivity contribution in [2.75, 3.05) is 20.3 Å². The van der Waals surface area contributed by atoms with Crippen LogP contribution in [0.4, 0.5) is 5.69 Å². The van der Waals surface area contributed by atoms with E-state index in [9.17, 15) is 5.11 Å². The minimum atomic E-state index is -1.05. The number of hydrogen-bond donors (Lipinski definition) is 4. The van der Waals surface area contributed by atoms with Gasteiger partial charge in [0.05, 0.1) is 20.3 Å². The predicted octanol–water partition coefficient (Wildman–Crippen LogP) is 2.35. The molecule has 7 nitrogen and oxygen atoms in total. The van der Waals surface area contributed by atoms with E-state index in [1.54, 1.807) is 13.3 Å². The summed E-state index contributed by atoms with van der Waals surface area (Å²) in [4.78, 5) is 0. The van der Waals surface area contributed by atoms with E-state index in [-0.39, 0.29) is 51.4 Å². The topological polar surface area (TPSA) is 117 Å². The van der Waals surface area contributed by atoms with Crippen LogP contribution in [-0.4, -0.2) is 47.4 Å². The third kappa shape index (κ3) is 12.3. The summed E-state index contributed by atoms with van der Waals surface area (Å²) >= 11 is 7.64. The van der Waals surface area contributed by atoms with Gasteiger partial charge in [0.25, 0.3) is 0 Å². The number of methoxy groups -OCH3 is 1. The summed E-state index contributed by atoms with van der Waals surface area (Å²) in [5.41, 5.74) is 13.3. The molecule has 0 radical (unpaired) electrons. The van der Waals surface area contributed by atoms with Crippen LogP contribution in [0.3, 0.4) is 0 Å². The molecule has 40 heavy (non-hydrogen) atoms. The van der Waals surface area contributed by atoms with Gasteiger partial charge in [-0.15, -0.1) is 17.4 Å². The Kier molecular flexibility index (Phi) is 18.2. The van der Waals surface area contributed by atoms with Crippen molar-refractivity contribution < 1.29 is 66.0 Å². The quantitative estimate of drug-likeness (QED) is 0.128. The van der Waals surface area contributed by atoms with Crippen LogP contribution in [0.1, 0.15) is 64.5 Å². The Balaban J connectivity index is 0.00000153. The maximum Gasteiger partial charge on any atom is 1.00 e. The summed E-state index contributed by atoms with van der Waals surface area (Å²) in [7, 11) is 1.59. The van der Waals surface area contributed by atoms with E-state index in [0.29, 0.717) is 43.4 Å². The van der Waals surface area contributed by atoms with E-state index in [2.05, 4.69) is 29.0 Å². The van der Waals surface area contributed by atoms with Crippen LogP contribution in [0.25, 0.3) is 10.9 Å². The number of thioether (sulfide) groups is 1. The van der Waals surface area contributed by atoms with Crippen LogP contribution in [-0.2, 0) is 9.47 Å². The first-order valence-electron chi connectivity index (χ1n) is 13.6. The summed E-state index contributed by atoms with van der Waals surface area (Å²) in [5, 5.41) is 18.0. The minimum Gasteiger partial charge on any atom is -0.661 e. The molecule has 3 unspecified atom stereocenters. The fourth-order valence-electron chi connectivity index (χ4n) is 3.65. The van der Waals surface area contributed by atoms with Gasteiger partial charge in [-0.3, -0.25) is 0 Å². The van der Waals surface area contributed by atoms with Crippen LogP contribution in [0.15, 0.2) is 36.2 Å². The van der Waals surface area contributed by atoms with Crippen LogP contribution < -0.4 is 68.2 Å². The molecule has 0 bridgehead atoms. The molecular formula is C30H42ClKN4O3S. The van der Waals surface area contributed by atoms with Crippen LogP contribution in [0, 0.1) is 29.6 Å². The number of nitrogens with zero attached hydrogens (tertiary/aromatic N) is 1. The maximum absolute atomic E-state index is 10.7. The Labute approximate surface area is 292 Å². The number of allylic oxidation sites excluding steroid dienone is 1. The van der Waals surface area contributed by atoms with Crippen molar-refractivity contribution in [3.63, 3.8) is 0 Å². The summed E-state index contributed by atoms with van der Waals surface area (Å²) in [5.74, 6) is 13.4. The molecule has 0 amide bonds. The number of aliphatic hydroxyl groups is 1. The molecule has 1 saturated heterocycles. The van der Waals surface area contributed by atoms with Crippen molar-refractivity contribution in [3.05, 3.63) is 52.7 Å². The average molecular weight is 613 g/mol. The van der Waals surface area contributed by atoms with E-state index in [4.69, 9.17) is 37.9 Å². The Hall–Kier alpha value is -0.664. The molecule has 3 atom stereocenters. The number of rotatable bonds is 6. The zero-order valence-electron chi connectivity index (χ0n) is 24.6. The van der Waals surface area contributed by atoms with Gasteiger partial charge in [-0.2, -0.15) is 0 Å². The summed E-state index contributed by atoms with van der Waals surface area (Å²) in [6.07, 6.45) is 6.83. The van der Waals surface area contributed by atoms with Crippen molar-refractivity contribution >= 4 is 34.6 Å². The smallest absolute Gasteiger partial charge is 0.661 e. The Bertz CT molecular complexity index is 1120. The van der Waals surface area contributed by atoms with Crippen LogP contribution >= 0.6 is 23.4 Å². The van der Waals surface area contributed by atoms with E-state index >= 15 is 0 Å². The summed E-state index contributed by atoms with van der Waals surface area (Å²) in [6, 6.07) is 5.62. The molecular weight excluding hydrogens is 571 g/mol. The van der Waals surface area contributed by atoms with E-state index in [0.717, 1.165) is 29.5 Å². The van der Waals surface area contributed by atoms with E-state index in [1.165, 1.54) is 11.8 Å². The van der Waals surface area contributed by atoms with Crippen molar-refractivity contribution in [2.24, 2.45) is 17.4 Å². The van der Waals surface area contributed by atoms with E-state index < -0.39 is 22.0 Å². The van der Waals surface area contributed by atoms with Crippen molar-refractivity contribution in [1.29, 1.82) is 0 Å². The van der Waals surface area contributed by atoms with Crippen LogP contribution in [0.2, 0.25) is 0 Å². The first-order chi connectivity index (χ1) is 18.8. The molecule has 2 fully saturated rings. The SMILES string of the molecule is CC.CC.COC1=CNC(Cl)C=C1c1cc(C#CC2(O)CCOCC2)ccc1[N-]C(N)SC(N)C#CC1CC1.[K+]. The predicted molar refractivity (Wildman–Crippen MR) is 164 cm³/mol. The molecule has 2 aliphatic heterocycles. The Morgan fingerprint density at radius 1 is 1.20 bits per heavy atom. The van der Waals surface area contributed by atoms with Gasteiger partial charge in [-0.1, -0.05) is 69.0 Å². The number of nitrogens with one attached hydrogen (secondary N) is 1. The van der Waals surface area contributed by atoms with Gasteiger partial charge in [0, 0.05) is 36.1 Å². The molecule has 4 rings (SSSR count). The van der Waals surface area contributed by atoms with Crippen molar-refractivity contribution in [2.45, 2.75) is 75.4 Å². The molecule has 0 aromatic heterocycles. The molecule has 10 heteroatoms. The van der Waals surface area contributed by atoms with Gasteiger partial charge in [-0.05, 0) is 42.1 Å². The molecule has 6 N–H and O–H groups in total. The van der Waals surface area contributed by atoms with Gasteiger partial charge in [-0.25, -0.2) is 0 Å². The third-order valence-corrected chi connectivity index (χ3v) is 6.82. The second-order valence-corrected chi connectivity index (χ2v) is 10.4. The van der Waals surface area contributed by atoms with Gasteiger partial charge >= 0.3 is 51.4 Å². The molecule has 3 aliphatic rings. The second-order valence-electron chi connectivity index (χ2n) is 8.63. The molecule has 1 aromatic rings. The second kappa shape index (κ2) is 19.5. The number of hydrogen-bond acceptors (Lipinski definition) is 7. The Morgan fingerprint density at radius 2 is 1.88 bits per heavy atom. The monoisotopic (exact) mass is 612 g/mol. The van der Waals surface area contributed by atoms with Gasteiger partial charge in [0.2, 0.25) is 0 Å². The number of nitrogens with two attached hydrogens (primary N) is 2. The summed E-state index contributed by atoms with van der Waals surface area (Å²) < 4.78 is 10.9. The van der Waals surface area contributed by atoms with Gasteiger partial charge in [0.15, 0.2) is 0 Å². The number of benzene rings is 1. The first kappa shape index (κ1) is 37.4. The average Bonchev–Trinajstić information content (AvgIpc) is 3.79. The van der Waals surface area contributed by atoms with E-state index in [1.807, 2.05) is 52.0 Å². The fourth-order valence-corrected chi connectivity index (χ4v) is 4.45. The molecule has 0 spiro atoms. The number of alkyl halides is 1. The van der Waals surface area contributed by atoms with Gasteiger partial charge in [0.1, 0.15) is 22.2 Å². The molecule has 1 aromatic carbocycles. The number of halogens is 1. The fraction of sp³-hybridized carbons (Fsp3) is 0.533. The third-order valence-electron chi connectivity index (χ3n) is 5.78. The Morgan fingerprint density at radius 3 is 2.50 bits per heavy atom. The normalized spacial score (nSPS) is 20.1. The molecule has 2 heterocycles. The first-order valence-corrected chi connectivity index (χ1v) is 15.0. The van der Waals surface area contributed by atoms with Crippen molar-refractivity contribution in [1.82, 2.24) is 5.32 Å².